The van der Waals surface area contributed by atoms with Gasteiger partial charge in [-0.3, -0.25) is 9.82 Å². The number of aromatic nitrogens is 2. The molecule has 0 saturated carbocycles. The van der Waals surface area contributed by atoms with Crippen molar-refractivity contribution in [3.63, 3.8) is 0 Å². The minimum absolute atomic E-state index is 0.0991. The number of aromatic amines is 1. The zero-order chi connectivity index (χ0) is 9.14. The summed E-state index contributed by atoms with van der Waals surface area (Å²) in [6.07, 6.45) is 0. The Bertz CT molecular complexity index is 282. The van der Waals surface area contributed by atoms with Crippen molar-refractivity contribution >= 4 is 16.8 Å². The van der Waals surface area contributed by atoms with Crippen LogP contribution in [0.2, 0.25) is 0 Å². The van der Waals surface area contributed by atoms with Crippen LogP contribution in [0.1, 0.15) is 19.5 Å². The highest BCUT2D eigenvalue weighted by Gasteiger charge is 2.06. The van der Waals surface area contributed by atoms with Crippen molar-refractivity contribution in [2.45, 2.75) is 26.0 Å². The van der Waals surface area contributed by atoms with E-state index in [0.717, 1.165) is 5.69 Å². The molecule has 0 aliphatic heterocycles. The van der Waals surface area contributed by atoms with Crippen LogP contribution in [0.3, 0.4) is 0 Å². The zero-order valence-electron chi connectivity index (χ0n) is 7.42. The molecule has 2 N–H and O–H groups in total. The van der Waals surface area contributed by atoms with E-state index in [4.69, 9.17) is 0 Å². The SMILES string of the molecule is Cc1cc(NS(=O)C(C)C)n[nH]1. The second kappa shape index (κ2) is 3.71. The van der Waals surface area contributed by atoms with Gasteiger partial charge in [0.2, 0.25) is 0 Å². The number of anilines is 1. The van der Waals surface area contributed by atoms with E-state index in [-0.39, 0.29) is 5.25 Å². The van der Waals surface area contributed by atoms with Crippen LogP contribution in [0.25, 0.3) is 0 Å². The summed E-state index contributed by atoms with van der Waals surface area (Å²) in [7, 11) is -1.04. The van der Waals surface area contributed by atoms with Crippen LogP contribution in [0.5, 0.6) is 0 Å². The highest BCUT2D eigenvalue weighted by atomic mass is 32.2. The van der Waals surface area contributed by atoms with Gasteiger partial charge >= 0.3 is 0 Å². The topological polar surface area (TPSA) is 57.8 Å². The van der Waals surface area contributed by atoms with Gasteiger partial charge in [-0.25, -0.2) is 4.21 Å². The Balaban J connectivity index is 2.58. The van der Waals surface area contributed by atoms with Crippen LogP contribution >= 0.6 is 0 Å². The predicted molar refractivity (Wildman–Crippen MR) is 50.2 cm³/mol. The van der Waals surface area contributed by atoms with Gasteiger partial charge in [0.25, 0.3) is 0 Å². The minimum Gasteiger partial charge on any atom is -0.288 e. The minimum atomic E-state index is -1.04. The summed E-state index contributed by atoms with van der Waals surface area (Å²) >= 11 is 0. The van der Waals surface area contributed by atoms with Crippen molar-refractivity contribution in [1.29, 1.82) is 0 Å². The quantitative estimate of drug-likeness (QED) is 0.747. The van der Waals surface area contributed by atoms with E-state index in [1.807, 2.05) is 26.8 Å². The summed E-state index contributed by atoms with van der Waals surface area (Å²) in [5.41, 5.74) is 0.957. The maximum Gasteiger partial charge on any atom is 0.159 e. The molecule has 1 atom stereocenters. The number of hydrogen-bond donors (Lipinski definition) is 2. The van der Waals surface area contributed by atoms with Gasteiger partial charge < -0.3 is 0 Å². The lowest BCUT2D eigenvalue weighted by Gasteiger charge is -2.04. The van der Waals surface area contributed by atoms with Crippen LogP contribution in [0.15, 0.2) is 6.07 Å². The van der Waals surface area contributed by atoms with Gasteiger partial charge in [-0.15, -0.1) is 0 Å². The van der Waals surface area contributed by atoms with Crippen molar-refractivity contribution in [3.8, 4) is 0 Å². The van der Waals surface area contributed by atoms with Crippen LogP contribution in [-0.4, -0.2) is 19.7 Å². The van der Waals surface area contributed by atoms with Crippen molar-refractivity contribution in [2.24, 2.45) is 0 Å². The molecule has 1 aromatic rings. The standard InChI is InChI=1S/C7H13N3OS/c1-5(2)12(11)10-7-4-6(3)8-9-7/h4-5H,1-3H3,(H2,8,9,10). The van der Waals surface area contributed by atoms with Gasteiger partial charge in [0.15, 0.2) is 5.82 Å². The van der Waals surface area contributed by atoms with E-state index >= 15 is 0 Å². The first kappa shape index (κ1) is 9.25. The molecule has 0 spiro atoms. The number of aryl methyl sites for hydroxylation is 1. The van der Waals surface area contributed by atoms with Crippen LogP contribution < -0.4 is 4.72 Å². The summed E-state index contributed by atoms with van der Waals surface area (Å²) < 4.78 is 14.1. The molecule has 0 aliphatic rings. The van der Waals surface area contributed by atoms with Crippen molar-refractivity contribution in [1.82, 2.24) is 10.2 Å². The van der Waals surface area contributed by atoms with Gasteiger partial charge in [-0.1, -0.05) is 0 Å². The average Bonchev–Trinajstić information content (AvgIpc) is 2.35. The molecule has 1 heterocycles. The average molecular weight is 187 g/mol. The largest absolute Gasteiger partial charge is 0.288 e. The molecule has 0 radical (unpaired) electrons. The fraction of sp³-hybridized carbons (Fsp3) is 0.571. The Morgan fingerprint density at radius 2 is 2.33 bits per heavy atom. The highest BCUT2D eigenvalue weighted by molar-refractivity contribution is 7.86. The van der Waals surface area contributed by atoms with Crippen LogP contribution in [0, 0.1) is 6.92 Å². The normalized spacial score (nSPS) is 13.3. The number of H-pyrrole nitrogens is 1. The molecule has 0 bridgehead atoms. The fourth-order valence-electron chi connectivity index (χ4n) is 0.691. The van der Waals surface area contributed by atoms with Gasteiger partial charge in [0.05, 0.1) is 0 Å². The Labute approximate surface area is 74.3 Å². The van der Waals surface area contributed by atoms with E-state index in [1.54, 1.807) is 0 Å². The predicted octanol–water partition coefficient (Wildman–Crippen LogP) is 1.20. The van der Waals surface area contributed by atoms with Gasteiger partial charge in [0.1, 0.15) is 11.0 Å². The Morgan fingerprint density at radius 3 is 2.75 bits per heavy atom. The Kier molecular flexibility index (Phi) is 2.86. The molecule has 0 saturated heterocycles. The molecule has 0 fully saturated rings. The first-order chi connectivity index (χ1) is 5.59. The van der Waals surface area contributed by atoms with Crippen molar-refractivity contribution in [3.05, 3.63) is 11.8 Å². The highest BCUT2D eigenvalue weighted by Crippen LogP contribution is 2.06. The maximum atomic E-state index is 11.3. The fourth-order valence-corrected chi connectivity index (χ4v) is 1.24. The Hall–Kier alpha value is -0.840. The van der Waals surface area contributed by atoms with E-state index in [0.29, 0.717) is 5.82 Å². The molecular weight excluding hydrogens is 174 g/mol. The third-order valence-corrected chi connectivity index (χ3v) is 2.61. The summed E-state index contributed by atoms with van der Waals surface area (Å²) in [5, 5.41) is 6.77. The van der Waals surface area contributed by atoms with E-state index < -0.39 is 11.0 Å². The molecule has 1 rings (SSSR count). The molecule has 4 nitrogen and oxygen atoms in total. The summed E-state index contributed by atoms with van der Waals surface area (Å²) in [4.78, 5) is 0. The molecular formula is C7H13N3OS. The maximum absolute atomic E-state index is 11.3. The second-order valence-electron chi connectivity index (χ2n) is 2.88. The number of nitrogens with zero attached hydrogens (tertiary/aromatic N) is 1. The van der Waals surface area contributed by atoms with Crippen LogP contribution in [0.4, 0.5) is 5.82 Å². The molecule has 12 heavy (non-hydrogen) atoms. The zero-order valence-corrected chi connectivity index (χ0v) is 8.23. The number of nitrogens with one attached hydrogen (secondary N) is 2. The van der Waals surface area contributed by atoms with Crippen molar-refractivity contribution in [2.75, 3.05) is 4.72 Å². The third kappa shape index (κ3) is 2.34. The molecule has 5 heteroatoms. The van der Waals surface area contributed by atoms with E-state index in [1.165, 1.54) is 0 Å². The number of rotatable bonds is 3. The van der Waals surface area contributed by atoms with E-state index in [9.17, 15) is 4.21 Å². The Morgan fingerprint density at radius 1 is 1.67 bits per heavy atom. The molecule has 68 valence electrons. The summed E-state index contributed by atoms with van der Waals surface area (Å²) in [6.45, 7) is 5.68. The van der Waals surface area contributed by atoms with Gasteiger partial charge in [-0.05, 0) is 20.8 Å². The second-order valence-corrected chi connectivity index (χ2v) is 4.63. The lowest BCUT2D eigenvalue weighted by molar-refractivity contribution is 0.680. The molecule has 1 aromatic heterocycles. The van der Waals surface area contributed by atoms with Crippen molar-refractivity contribution < 1.29 is 4.21 Å². The first-order valence-corrected chi connectivity index (χ1v) is 5.00. The monoisotopic (exact) mass is 187 g/mol. The first-order valence-electron chi connectivity index (χ1n) is 3.79. The molecule has 1 unspecified atom stereocenters. The summed E-state index contributed by atoms with van der Waals surface area (Å²) in [5.74, 6) is 0.638. The summed E-state index contributed by atoms with van der Waals surface area (Å²) in [6, 6.07) is 1.82. The smallest absolute Gasteiger partial charge is 0.159 e. The molecule has 0 aromatic carbocycles. The molecule has 0 amide bonds. The van der Waals surface area contributed by atoms with Crippen LogP contribution in [-0.2, 0) is 11.0 Å². The van der Waals surface area contributed by atoms with E-state index in [2.05, 4.69) is 14.9 Å². The number of hydrogen-bond acceptors (Lipinski definition) is 2. The lowest BCUT2D eigenvalue weighted by Crippen LogP contribution is -2.14. The van der Waals surface area contributed by atoms with Gasteiger partial charge in [-0.2, -0.15) is 5.10 Å². The lowest BCUT2D eigenvalue weighted by atomic mass is 10.5. The third-order valence-electron chi connectivity index (χ3n) is 1.34. The van der Waals surface area contributed by atoms with Gasteiger partial charge in [0, 0.05) is 17.0 Å². The molecule has 0 aliphatic carbocycles.